The van der Waals surface area contributed by atoms with Gasteiger partial charge in [0.15, 0.2) is 0 Å². The molecule has 0 N–H and O–H groups in total. The van der Waals surface area contributed by atoms with E-state index in [9.17, 15) is 0 Å². The fourth-order valence-corrected chi connectivity index (χ4v) is 1.89. The molecule has 0 bridgehead atoms. The number of aryl methyl sites for hydroxylation is 1. The van der Waals surface area contributed by atoms with Crippen LogP contribution in [0.4, 0.5) is 0 Å². The molecule has 0 spiro atoms. The lowest BCUT2D eigenvalue weighted by atomic mass is 10.1. The second kappa shape index (κ2) is 5.74. The maximum absolute atomic E-state index is 6.30. The first kappa shape index (κ1) is 12.7. The molecule has 0 saturated carbocycles. The van der Waals surface area contributed by atoms with Gasteiger partial charge in [0.1, 0.15) is 5.75 Å². The van der Waals surface area contributed by atoms with Gasteiger partial charge in [-0.2, -0.15) is 0 Å². The highest BCUT2D eigenvalue weighted by Crippen LogP contribution is 2.24. The standard InChI is InChI=1S/C16H15ClO/c1-12-3-5-13(6-4-12)11-16(17)14-7-9-15(18-2)10-8-14/h3-11H,1-2H3/b16-11-. The summed E-state index contributed by atoms with van der Waals surface area (Å²) in [7, 11) is 1.65. The number of rotatable bonds is 3. The molecule has 0 atom stereocenters. The second-order valence-corrected chi connectivity index (χ2v) is 4.54. The lowest BCUT2D eigenvalue weighted by molar-refractivity contribution is 0.415. The zero-order valence-electron chi connectivity index (χ0n) is 10.5. The summed E-state index contributed by atoms with van der Waals surface area (Å²) in [5, 5.41) is 0.724. The molecule has 0 unspecified atom stereocenters. The molecule has 2 heteroatoms. The van der Waals surface area contributed by atoms with Gasteiger partial charge in [0.05, 0.1) is 7.11 Å². The molecular weight excluding hydrogens is 244 g/mol. The Labute approximate surface area is 113 Å². The van der Waals surface area contributed by atoms with E-state index in [1.54, 1.807) is 7.11 Å². The van der Waals surface area contributed by atoms with Gasteiger partial charge in [0.25, 0.3) is 0 Å². The van der Waals surface area contributed by atoms with Gasteiger partial charge in [-0.3, -0.25) is 0 Å². The zero-order valence-corrected chi connectivity index (χ0v) is 11.2. The van der Waals surface area contributed by atoms with Crippen LogP contribution in [0.1, 0.15) is 16.7 Å². The molecular formula is C16H15ClO. The van der Waals surface area contributed by atoms with Crippen molar-refractivity contribution in [3.63, 3.8) is 0 Å². The van der Waals surface area contributed by atoms with Gasteiger partial charge in [-0.15, -0.1) is 0 Å². The van der Waals surface area contributed by atoms with E-state index < -0.39 is 0 Å². The van der Waals surface area contributed by atoms with Crippen LogP contribution in [0.2, 0.25) is 0 Å². The van der Waals surface area contributed by atoms with E-state index in [4.69, 9.17) is 16.3 Å². The number of benzene rings is 2. The minimum Gasteiger partial charge on any atom is -0.497 e. The summed E-state index contributed by atoms with van der Waals surface area (Å²) in [6.07, 6.45) is 1.96. The number of hydrogen-bond donors (Lipinski definition) is 0. The molecule has 2 aromatic rings. The van der Waals surface area contributed by atoms with E-state index in [0.717, 1.165) is 21.9 Å². The zero-order chi connectivity index (χ0) is 13.0. The highest BCUT2D eigenvalue weighted by Gasteiger charge is 1.99. The molecule has 0 saturated heterocycles. The molecule has 0 aliphatic heterocycles. The van der Waals surface area contributed by atoms with Gasteiger partial charge in [-0.1, -0.05) is 41.4 Å². The smallest absolute Gasteiger partial charge is 0.118 e. The van der Waals surface area contributed by atoms with Gasteiger partial charge < -0.3 is 4.74 Å². The van der Waals surface area contributed by atoms with Crippen LogP contribution >= 0.6 is 11.6 Å². The third-order valence-electron chi connectivity index (χ3n) is 2.74. The molecule has 0 aliphatic rings. The summed E-state index contributed by atoms with van der Waals surface area (Å²) in [4.78, 5) is 0. The highest BCUT2D eigenvalue weighted by atomic mass is 35.5. The van der Waals surface area contributed by atoms with Crippen LogP contribution < -0.4 is 4.74 Å². The Balaban J connectivity index is 2.23. The number of hydrogen-bond acceptors (Lipinski definition) is 1. The molecule has 1 nitrogen and oxygen atoms in total. The highest BCUT2D eigenvalue weighted by molar-refractivity contribution is 6.51. The fraction of sp³-hybridized carbons (Fsp3) is 0.125. The molecule has 0 heterocycles. The van der Waals surface area contributed by atoms with Crippen LogP contribution in [0, 0.1) is 6.92 Å². The Morgan fingerprint density at radius 1 is 1.00 bits per heavy atom. The molecule has 0 aromatic heterocycles. The SMILES string of the molecule is COc1ccc(/C(Cl)=C/c2ccc(C)cc2)cc1. The van der Waals surface area contributed by atoms with Crippen molar-refractivity contribution in [3.05, 3.63) is 65.2 Å². The van der Waals surface area contributed by atoms with Crippen LogP contribution in [-0.2, 0) is 0 Å². The monoisotopic (exact) mass is 258 g/mol. The van der Waals surface area contributed by atoms with Crippen molar-refractivity contribution >= 4 is 22.7 Å². The predicted molar refractivity (Wildman–Crippen MR) is 77.9 cm³/mol. The van der Waals surface area contributed by atoms with Crippen LogP contribution in [0.25, 0.3) is 11.1 Å². The van der Waals surface area contributed by atoms with Crippen LogP contribution in [0.15, 0.2) is 48.5 Å². The van der Waals surface area contributed by atoms with Crippen molar-refractivity contribution in [2.24, 2.45) is 0 Å². The van der Waals surface area contributed by atoms with Crippen LogP contribution in [-0.4, -0.2) is 7.11 Å². The largest absolute Gasteiger partial charge is 0.497 e. The second-order valence-electron chi connectivity index (χ2n) is 4.13. The third-order valence-corrected chi connectivity index (χ3v) is 3.06. The number of ether oxygens (including phenoxy) is 1. The van der Waals surface area contributed by atoms with Crippen molar-refractivity contribution in [1.82, 2.24) is 0 Å². The quantitative estimate of drug-likeness (QED) is 0.723. The van der Waals surface area contributed by atoms with E-state index in [1.807, 2.05) is 30.3 Å². The Morgan fingerprint density at radius 2 is 1.61 bits per heavy atom. The summed E-state index contributed by atoms with van der Waals surface area (Å²) in [5.41, 5.74) is 3.33. The molecule has 0 fully saturated rings. The first-order valence-electron chi connectivity index (χ1n) is 5.77. The number of methoxy groups -OCH3 is 1. The summed E-state index contributed by atoms with van der Waals surface area (Å²) in [6.45, 7) is 2.07. The minimum absolute atomic E-state index is 0.724. The van der Waals surface area contributed by atoms with Gasteiger partial charge in [-0.25, -0.2) is 0 Å². The van der Waals surface area contributed by atoms with Gasteiger partial charge in [0, 0.05) is 5.03 Å². The summed E-state index contributed by atoms with van der Waals surface area (Å²) >= 11 is 6.30. The Morgan fingerprint density at radius 3 is 2.17 bits per heavy atom. The van der Waals surface area contributed by atoms with Gasteiger partial charge in [-0.05, 0) is 48.4 Å². The van der Waals surface area contributed by atoms with Gasteiger partial charge in [0.2, 0.25) is 0 Å². The first-order valence-corrected chi connectivity index (χ1v) is 6.15. The van der Waals surface area contributed by atoms with E-state index >= 15 is 0 Å². The van der Waals surface area contributed by atoms with Crippen molar-refractivity contribution in [2.75, 3.05) is 7.11 Å². The number of halogens is 1. The van der Waals surface area contributed by atoms with Crippen molar-refractivity contribution in [1.29, 1.82) is 0 Å². The molecule has 0 aliphatic carbocycles. The average molecular weight is 259 g/mol. The van der Waals surface area contributed by atoms with Crippen LogP contribution in [0.5, 0.6) is 5.75 Å². The Hall–Kier alpha value is -1.73. The molecule has 0 radical (unpaired) electrons. The van der Waals surface area contributed by atoms with Crippen molar-refractivity contribution in [3.8, 4) is 5.75 Å². The topological polar surface area (TPSA) is 9.23 Å². The third kappa shape index (κ3) is 3.14. The lowest BCUT2D eigenvalue weighted by Crippen LogP contribution is -1.83. The van der Waals surface area contributed by atoms with E-state index in [2.05, 4.69) is 31.2 Å². The van der Waals surface area contributed by atoms with Gasteiger partial charge >= 0.3 is 0 Å². The lowest BCUT2D eigenvalue weighted by Gasteiger charge is -2.03. The van der Waals surface area contributed by atoms with E-state index in [0.29, 0.717) is 0 Å². The molecule has 18 heavy (non-hydrogen) atoms. The Kier molecular flexibility index (Phi) is 4.06. The van der Waals surface area contributed by atoms with E-state index in [-0.39, 0.29) is 0 Å². The molecule has 2 rings (SSSR count). The summed E-state index contributed by atoms with van der Waals surface area (Å²) in [6, 6.07) is 16.0. The van der Waals surface area contributed by atoms with Crippen molar-refractivity contribution in [2.45, 2.75) is 6.92 Å². The van der Waals surface area contributed by atoms with Crippen LogP contribution in [0.3, 0.4) is 0 Å². The Bertz CT molecular complexity index is 538. The normalized spacial score (nSPS) is 11.4. The maximum atomic E-state index is 6.30. The first-order chi connectivity index (χ1) is 8.69. The summed E-state index contributed by atoms with van der Waals surface area (Å²) in [5.74, 6) is 0.832. The predicted octanol–water partition coefficient (Wildman–Crippen LogP) is 4.74. The summed E-state index contributed by atoms with van der Waals surface area (Å²) < 4.78 is 5.12. The molecule has 92 valence electrons. The van der Waals surface area contributed by atoms with E-state index in [1.165, 1.54) is 5.56 Å². The maximum Gasteiger partial charge on any atom is 0.118 e. The fourth-order valence-electron chi connectivity index (χ4n) is 1.64. The van der Waals surface area contributed by atoms with Crippen molar-refractivity contribution < 1.29 is 4.74 Å². The molecule has 2 aromatic carbocycles. The molecule has 0 amide bonds. The minimum atomic E-state index is 0.724. The average Bonchev–Trinajstić information content (AvgIpc) is 2.41.